The van der Waals surface area contributed by atoms with Crippen molar-refractivity contribution in [2.45, 2.75) is 11.3 Å². The van der Waals surface area contributed by atoms with Crippen LogP contribution in [0.5, 0.6) is 5.75 Å². The van der Waals surface area contributed by atoms with Crippen LogP contribution >= 0.6 is 23.4 Å². The highest BCUT2D eigenvalue weighted by Crippen LogP contribution is 2.19. The number of alkyl halides is 1. The van der Waals surface area contributed by atoms with Crippen LogP contribution in [0.4, 0.5) is 0 Å². The van der Waals surface area contributed by atoms with E-state index in [0.29, 0.717) is 5.75 Å². The molecule has 0 aliphatic rings. The van der Waals surface area contributed by atoms with E-state index >= 15 is 0 Å². The highest BCUT2D eigenvalue weighted by atomic mass is 35.5. The molecule has 15 heavy (non-hydrogen) atoms. The van der Waals surface area contributed by atoms with Crippen molar-refractivity contribution >= 4 is 29.3 Å². The predicted octanol–water partition coefficient (Wildman–Crippen LogP) is 2.87. The van der Waals surface area contributed by atoms with Crippen molar-refractivity contribution in [1.82, 2.24) is 0 Å². The summed E-state index contributed by atoms with van der Waals surface area (Å²) in [6.07, 6.45) is 2.13. The van der Waals surface area contributed by atoms with Crippen LogP contribution in [0, 0.1) is 0 Å². The van der Waals surface area contributed by atoms with Crippen molar-refractivity contribution < 1.29 is 14.6 Å². The van der Waals surface area contributed by atoms with Crippen LogP contribution in [0.2, 0.25) is 0 Å². The minimum absolute atomic E-state index is 0.143. The monoisotopic (exact) mass is 246 g/mol. The summed E-state index contributed by atoms with van der Waals surface area (Å²) in [5.74, 6) is 0.253. The van der Waals surface area contributed by atoms with E-state index in [2.05, 4.69) is 4.89 Å². The van der Waals surface area contributed by atoms with Crippen molar-refractivity contribution in [2.24, 2.45) is 0 Å². The Morgan fingerprint density at radius 2 is 2.07 bits per heavy atom. The molecule has 0 amide bonds. The van der Waals surface area contributed by atoms with Gasteiger partial charge in [0.15, 0.2) is 5.75 Å². The molecule has 0 saturated heterocycles. The van der Waals surface area contributed by atoms with Crippen molar-refractivity contribution in [3.05, 3.63) is 24.3 Å². The van der Waals surface area contributed by atoms with E-state index in [9.17, 15) is 4.79 Å². The van der Waals surface area contributed by atoms with Crippen LogP contribution in [0.1, 0.15) is 6.42 Å². The van der Waals surface area contributed by atoms with Crippen LogP contribution in [0.3, 0.4) is 0 Å². The zero-order valence-electron chi connectivity index (χ0n) is 8.23. The fourth-order valence-electron chi connectivity index (χ4n) is 0.845. The average molecular weight is 247 g/mol. The summed E-state index contributed by atoms with van der Waals surface area (Å²) >= 11 is 6.99. The van der Waals surface area contributed by atoms with E-state index in [-0.39, 0.29) is 12.3 Å². The molecule has 0 aliphatic carbocycles. The van der Waals surface area contributed by atoms with Gasteiger partial charge in [-0.25, -0.2) is 4.79 Å². The quantitative estimate of drug-likeness (QED) is 0.346. The van der Waals surface area contributed by atoms with Gasteiger partial charge in [0.2, 0.25) is 0 Å². The van der Waals surface area contributed by atoms with Gasteiger partial charge in [-0.3, -0.25) is 9.78 Å². The molecule has 0 radical (unpaired) electrons. The molecule has 3 nitrogen and oxygen atoms in total. The maximum absolute atomic E-state index is 10.9. The molecular formula is C10H11ClO3S. The Morgan fingerprint density at radius 3 is 2.60 bits per heavy atom. The highest BCUT2D eigenvalue weighted by Gasteiger charge is 2.03. The van der Waals surface area contributed by atoms with Gasteiger partial charge in [-0.05, 0) is 30.5 Å². The van der Waals surface area contributed by atoms with Crippen LogP contribution in [-0.2, 0) is 9.68 Å². The van der Waals surface area contributed by atoms with E-state index in [1.54, 1.807) is 23.9 Å². The molecule has 0 aliphatic heterocycles. The number of hydrogen-bond acceptors (Lipinski definition) is 4. The molecule has 5 heteroatoms. The van der Waals surface area contributed by atoms with E-state index in [1.807, 2.05) is 18.4 Å². The van der Waals surface area contributed by atoms with Gasteiger partial charge in [0, 0.05) is 10.8 Å². The fraction of sp³-hybridized carbons (Fsp3) is 0.300. The van der Waals surface area contributed by atoms with Gasteiger partial charge in [0.1, 0.15) is 0 Å². The topological polar surface area (TPSA) is 35.5 Å². The molecule has 1 aromatic carbocycles. The van der Waals surface area contributed by atoms with Crippen molar-refractivity contribution in [3.63, 3.8) is 0 Å². The maximum atomic E-state index is 10.9. The lowest BCUT2D eigenvalue weighted by Crippen LogP contribution is -2.07. The third-order valence-corrected chi connectivity index (χ3v) is 2.52. The first kappa shape index (κ1) is 12.2. The van der Waals surface area contributed by atoms with Gasteiger partial charge < -0.3 is 0 Å². The third-order valence-electron chi connectivity index (χ3n) is 1.59. The molecule has 82 valence electrons. The number of carbonyl (C=O) groups excluding carboxylic acids is 1. The molecule has 0 N–H and O–H groups in total. The number of thioether (sulfide) groups is 1. The Balaban J connectivity index is 2.40. The van der Waals surface area contributed by atoms with Crippen LogP contribution in [0.25, 0.3) is 0 Å². The summed E-state index contributed by atoms with van der Waals surface area (Å²) in [4.78, 5) is 21.3. The molecule has 1 rings (SSSR count). The van der Waals surface area contributed by atoms with E-state index in [0.717, 1.165) is 4.90 Å². The average Bonchev–Trinajstić information content (AvgIpc) is 2.27. The summed E-state index contributed by atoms with van der Waals surface area (Å²) in [6, 6.07) is 7.24. The lowest BCUT2D eigenvalue weighted by Gasteiger charge is -2.03. The van der Waals surface area contributed by atoms with Gasteiger partial charge in [-0.1, -0.05) is 0 Å². The molecule has 0 heterocycles. The van der Waals surface area contributed by atoms with Gasteiger partial charge in [-0.2, -0.15) is 0 Å². The fourth-order valence-corrected chi connectivity index (χ4v) is 1.41. The Morgan fingerprint density at radius 1 is 1.40 bits per heavy atom. The number of halogens is 1. The first-order chi connectivity index (χ1) is 7.26. The molecule has 1 aromatic rings. The Kier molecular flexibility index (Phi) is 5.36. The standard InChI is InChI=1S/C10H11ClO3S/c1-15-9-4-2-8(3-5-9)13-14-10(12)6-7-11/h2-5H,6-7H2,1H3. The summed E-state index contributed by atoms with van der Waals surface area (Å²) in [6.45, 7) is 0. The second-order valence-corrected chi connectivity index (χ2v) is 3.91. The summed E-state index contributed by atoms with van der Waals surface area (Å²) in [5, 5.41) is 0. The van der Waals surface area contributed by atoms with Crippen molar-refractivity contribution in [1.29, 1.82) is 0 Å². The number of benzene rings is 1. The van der Waals surface area contributed by atoms with Crippen LogP contribution < -0.4 is 4.89 Å². The molecule has 0 saturated carbocycles. The lowest BCUT2D eigenvalue weighted by molar-refractivity contribution is -0.213. The molecule has 0 fully saturated rings. The van der Waals surface area contributed by atoms with Crippen molar-refractivity contribution in [3.8, 4) is 5.75 Å². The molecule has 0 atom stereocenters. The van der Waals surface area contributed by atoms with Gasteiger partial charge in [0.05, 0.1) is 6.42 Å². The van der Waals surface area contributed by atoms with Gasteiger partial charge >= 0.3 is 5.97 Å². The Bertz CT molecular complexity index is 313. The normalized spacial score (nSPS) is 9.73. The lowest BCUT2D eigenvalue weighted by atomic mass is 10.3. The van der Waals surface area contributed by atoms with E-state index in [1.165, 1.54) is 0 Å². The number of carbonyl (C=O) groups is 1. The van der Waals surface area contributed by atoms with Gasteiger partial charge in [-0.15, -0.1) is 23.4 Å². The largest absolute Gasteiger partial charge is 0.356 e. The first-order valence-corrected chi connectivity index (χ1v) is 6.09. The van der Waals surface area contributed by atoms with Crippen LogP contribution in [-0.4, -0.2) is 18.1 Å². The third kappa shape index (κ3) is 4.44. The second-order valence-electron chi connectivity index (χ2n) is 2.65. The van der Waals surface area contributed by atoms with Crippen molar-refractivity contribution in [2.75, 3.05) is 12.1 Å². The minimum atomic E-state index is -0.473. The maximum Gasteiger partial charge on any atom is 0.356 e. The smallest absolute Gasteiger partial charge is 0.287 e. The number of rotatable bonds is 5. The second kappa shape index (κ2) is 6.58. The summed E-state index contributed by atoms with van der Waals surface area (Å²) in [5.41, 5.74) is 0. The number of hydrogen-bond donors (Lipinski definition) is 0. The summed E-state index contributed by atoms with van der Waals surface area (Å²) < 4.78 is 0. The van der Waals surface area contributed by atoms with E-state index < -0.39 is 5.97 Å². The minimum Gasteiger partial charge on any atom is -0.287 e. The van der Waals surface area contributed by atoms with Gasteiger partial charge in [0.25, 0.3) is 0 Å². The Labute approximate surface area is 97.6 Å². The molecule has 0 aromatic heterocycles. The SMILES string of the molecule is CSc1ccc(OOC(=O)CCCl)cc1. The first-order valence-electron chi connectivity index (χ1n) is 4.33. The molecule has 0 unspecified atom stereocenters. The summed E-state index contributed by atoms with van der Waals surface area (Å²) in [7, 11) is 0. The molecule has 0 bridgehead atoms. The zero-order chi connectivity index (χ0) is 11.1. The van der Waals surface area contributed by atoms with Crippen LogP contribution in [0.15, 0.2) is 29.2 Å². The molecule has 0 spiro atoms. The Hall–Kier alpha value is -0.870. The van der Waals surface area contributed by atoms with E-state index in [4.69, 9.17) is 16.5 Å². The predicted molar refractivity (Wildman–Crippen MR) is 60.3 cm³/mol. The molecular weight excluding hydrogens is 236 g/mol. The zero-order valence-corrected chi connectivity index (χ0v) is 9.81. The highest BCUT2D eigenvalue weighted by molar-refractivity contribution is 7.98.